The standard InChI is InChI=1S/C22H24N2O2/c1-17(2)12-13-26-21-10-8-18(9-11-21)14-20(15-23)22(25)24-16-19-6-4-3-5-7-19/h3-11,14,17H,12-13,16H2,1-2H3,(H,24,25). The van der Waals surface area contributed by atoms with Crippen LogP contribution < -0.4 is 10.1 Å². The van der Waals surface area contributed by atoms with E-state index in [1.165, 1.54) is 0 Å². The van der Waals surface area contributed by atoms with Crippen LogP contribution in [0.1, 0.15) is 31.4 Å². The number of nitrogens with one attached hydrogen (secondary N) is 1. The van der Waals surface area contributed by atoms with Crippen molar-refractivity contribution < 1.29 is 9.53 Å². The Morgan fingerprint density at radius 1 is 1.15 bits per heavy atom. The second kappa shape index (κ2) is 10.0. The van der Waals surface area contributed by atoms with E-state index in [0.717, 1.165) is 23.3 Å². The predicted octanol–water partition coefficient (Wildman–Crippen LogP) is 4.33. The van der Waals surface area contributed by atoms with Gasteiger partial charge in [0.05, 0.1) is 6.61 Å². The van der Waals surface area contributed by atoms with Gasteiger partial charge in [-0.15, -0.1) is 0 Å². The van der Waals surface area contributed by atoms with Gasteiger partial charge in [0, 0.05) is 6.54 Å². The lowest BCUT2D eigenvalue weighted by molar-refractivity contribution is -0.117. The van der Waals surface area contributed by atoms with E-state index in [9.17, 15) is 10.1 Å². The van der Waals surface area contributed by atoms with Crippen molar-refractivity contribution in [1.29, 1.82) is 5.26 Å². The van der Waals surface area contributed by atoms with Crippen molar-refractivity contribution >= 4 is 12.0 Å². The van der Waals surface area contributed by atoms with E-state index in [-0.39, 0.29) is 11.5 Å². The Balaban J connectivity index is 1.94. The van der Waals surface area contributed by atoms with Crippen LogP contribution in [-0.4, -0.2) is 12.5 Å². The van der Waals surface area contributed by atoms with E-state index < -0.39 is 0 Å². The molecule has 0 unspecified atom stereocenters. The minimum atomic E-state index is -0.381. The first-order chi connectivity index (χ1) is 12.6. The van der Waals surface area contributed by atoms with Gasteiger partial charge in [-0.2, -0.15) is 5.26 Å². The van der Waals surface area contributed by atoms with Crippen LogP contribution in [0.5, 0.6) is 5.75 Å². The minimum absolute atomic E-state index is 0.0782. The number of carbonyl (C=O) groups excluding carboxylic acids is 1. The molecule has 0 atom stereocenters. The maximum Gasteiger partial charge on any atom is 0.262 e. The molecule has 0 bridgehead atoms. The SMILES string of the molecule is CC(C)CCOc1ccc(C=C(C#N)C(=O)NCc2ccccc2)cc1. The zero-order chi connectivity index (χ0) is 18.8. The van der Waals surface area contributed by atoms with Crippen molar-refractivity contribution in [3.05, 3.63) is 71.3 Å². The molecule has 0 aliphatic carbocycles. The first kappa shape index (κ1) is 19.3. The third kappa shape index (κ3) is 6.45. The third-order valence-electron chi connectivity index (χ3n) is 3.82. The molecule has 0 spiro atoms. The van der Waals surface area contributed by atoms with E-state index in [4.69, 9.17) is 4.74 Å². The molecule has 0 aliphatic rings. The smallest absolute Gasteiger partial charge is 0.262 e. The third-order valence-corrected chi connectivity index (χ3v) is 3.82. The molecule has 2 rings (SSSR count). The van der Waals surface area contributed by atoms with Gasteiger partial charge in [-0.3, -0.25) is 4.79 Å². The summed E-state index contributed by atoms with van der Waals surface area (Å²) < 4.78 is 5.67. The largest absolute Gasteiger partial charge is 0.494 e. The number of amides is 1. The molecule has 0 radical (unpaired) electrons. The normalized spacial score (nSPS) is 11.1. The molecule has 0 aromatic heterocycles. The van der Waals surface area contributed by atoms with Crippen LogP contribution >= 0.6 is 0 Å². The van der Waals surface area contributed by atoms with Crippen LogP contribution in [0.3, 0.4) is 0 Å². The van der Waals surface area contributed by atoms with Crippen LogP contribution in [0.4, 0.5) is 0 Å². The van der Waals surface area contributed by atoms with Gasteiger partial charge in [-0.1, -0.05) is 56.3 Å². The van der Waals surface area contributed by atoms with Crippen molar-refractivity contribution in [2.45, 2.75) is 26.8 Å². The van der Waals surface area contributed by atoms with Gasteiger partial charge in [-0.05, 0) is 41.7 Å². The van der Waals surface area contributed by atoms with Gasteiger partial charge in [0.25, 0.3) is 5.91 Å². The van der Waals surface area contributed by atoms with E-state index in [0.29, 0.717) is 19.1 Å². The van der Waals surface area contributed by atoms with Crippen molar-refractivity contribution in [1.82, 2.24) is 5.32 Å². The fraction of sp³-hybridized carbons (Fsp3) is 0.273. The van der Waals surface area contributed by atoms with Crippen molar-refractivity contribution in [3.63, 3.8) is 0 Å². The number of nitrogens with zero attached hydrogens (tertiary/aromatic N) is 1. The summed E-state index contributed by atoms with van der Waals surface area (Å²) in [7, 11) is 0. The zero-order valence-electron chi connectivity index (χ0n) is 15.2. The summed E-state index contributed by atoms with van der Waals surface area (Å²) in [5, 5.41) is 12.0. The first-order valence-corrected chi connectivity index (χ1v) is 8.75. The number of ether oxygens (including phenoxy) is 1. The summed E-state index contributed by atoms with van der Waals surface area (Å²) >= 11 is 0. The Hall–Kier alpha value is -3.06. The van der Waals surface area contributed by atoms with E-state index in [1.54, 1.807) is 6.08 Å². The van der Waals surface area contributed by atoms with Crippen molar-refractivity contribution in [2.75, 3.05) is 6.61 Å². The molecular weight excluding hydrogens is 324 g/mol. The lowest BCUT2D eigenvalue weighted by Crippen LogP contribution is -2.23. The van der Waals surface area contributed by atoms with Crippen LogP contribution in [0.2, 0.25) is 0 Å². The Morgan fingerprint density at radius 2 is 1.85 bits per heavy atom. The number of hydrogen-bond donors (Lipinski definition) is 1. The summed E-state index contributed by atoms with van der Waals surface area (Å²) in [6.07, 6.45) is 2.58. The summed E-state index contributed by atoms with van der Waals surface area (Å²) in [6.45, 7) is 5.38. The van der Waals surface area contributed by atoms with Gasteiger partial charge >= 0.3 is 0 Å². The maximum absolute atomic E-state index is 12.2. The molecule has 0 heterocycles. The molecular formula is C22H24N2O2. The lowest BCUT2D eigenvalue weighted by Gasteiger charge is -2.08. The summed E-state index contributed by atoms with van der Waals surface area (Å²) in [5.41, 5.74) is 1.85. The number of nitriles is 1. The highest BCUT2D eigenvalue weighted by atomic mass is 16.5. The average Bonchev–Trinajstić information content (AvgIpc) is 2.66. The number of carbonyl (C=O) groups is 1. The van der Waals surface area contributed by atoms with Crippen LogP contribution in [0.25, 0.3) is 6.08 Å². The fourth-order valence-electron chi connectivity index (χ4n) is 2.26. The second-order valence-corrected chi connectivity index (χ2v) is 6.44. The summed E-state index contributed by atoms with van der Waals surface area (Å²) in [6, 6.07) is 18.9. The van der Waals surface area contributed by atoms with E-state index in [1.807, 2.05) is 60.7 Å². The second-order valence-electron chi connectivity index (χ2n) is 6.44. The molecule has 0 aliphatic heterocycles. The molecule has 4 nitrogen and oxygen atoms in total. The molecule has 1 amide bonds. The highest BCUT2D eigenvalue weighted by Gasteiger charge is 2.08. The Kier molecular flexibility index (Phi) is 7.45. The highest BCUT2D eigenvalue weighted by molar-refractivity contribution is 6.01. The predicted molar refractivity (Wildman–Crippen MR) is 103 cm³/mol. The number of benzene rings is 2. The minimum Gasteiger partial charge on any atom is -0.494 e. The molecule has 0 saturated carbocycles. The van der Waals surface area contributed by atoms with Crippen molar-refractivity contribution in [2.24, 2.45) is 5.92 Å². The molecule has 2 aromatic carbocycles. The quantitative estimate of drug-likeness (QED) is 0.570. The average molecular weight is 348 g/mol. The van der Waals surface area contributed by atoms with Gasteiger partial charge in [0.2, 0.25) is 0 Å². The molecule has 134 valence electrons. The number of rotatable bonds is 8. The van der Waals surface area contributed by atoms with E-state index >= 15 is 0 Å². The maximum atomic E-state index is 12.2. The van der Waals surface area contributed by atoms with Gasteiger partial charge < -0.3 is 10.1 Å². The van der Waals surface area contributed by atoms with Crippen LogP contribution in [0, 0.1) is 17.2 Å². The fourth-order valence-corrected chi connectivity index (χ4v) is 2.26. The first-order valence-electron chi connectivity index (χ1n) is 8.75. The highest BCUT2D eigenvalue weighted by Crippen LogP contribution is 2.15. The summed E-state index contributed by atoms with van der Waals surface area (Å²) in [4.78, 5) is 12.2. The van der Waals surface area contributed by atoms with Crippen LogP contribution in [-0.2, 0) is 11.3 Å². The Bertz CT molecular complexity index is 772. The molecule has 0 fully saturated rings. The Labute approximate surface area is 155 Å². The van der Waals surface area contributed by atoms with Gasteiger partial charge in [-0.25, -0.2) is 0 Å². The monoisotopic (exact) mass is 348 g/mol. The van der Waals surface area contributed by atoms with Gasteiger partial charge in [0.1, 0.15) is 17.4 Å². The molecule has 2 aromatic rings. The molecule has 0 saturated heterocycles. The van der Waals surface area contributed by atoms with Gasteiger partial charge in [0.15, 0.2) is 0 Å². The van der Waals surface area contributed by atoms with Crippen LogP contribution in [0.15, 0.2) is 60.2 Å². The molecule has 1 N–H and O–H groups in total. The zero-order valence-corrected chi connectivity index (χ0v) is 15.2. The van der Waals surface area contributed by atoms with E-state index in [2.05, 4.69) is 19.2 Å². The number of hydrogen-bond acceptors (Lipinski definition) is 3. The molecule has 26 heavy (non-hydrogen) atoms. The Morgan fingerprint density at radius 3 is 2.46 bits per heavy atom. The summed E-state index contributed by atoms with van der Waals surface area (Å²) in [5.74, 6) is 1.01. The lowest BCUT2D eigenvalue weighted by atomic mass is 10.1. The topological polar surface area (TPSA) is 62.1 Å². The molecule has 4 heteroatoms. The van der Waals surface area contributed by atoms with Crippen molar-refractivity contribution in [3.8, 4) is 11.8 Å².